The molecular weight excluding hydrogens is 509 g/mol. The third kappa shape index (κ3) is 4.48. The predicted octanol–water partition coefficient (Wildman–Crippen LogP) is 4.82. The number of aromatic nitrogens is 3. The number of sulfone groups is 1. The summed E-state index contributed by atoms with van der Waals surface area (Å²) < 4.78 is 51.3. The van der Waals surface area contributed by atoms with Gasteiger partial charge in [-0.1, -0.05) is 16.8 Å². The highest BCUT2D eigenvalue weighted by molar-refractivity contribution is 7.90. The van der Waals surface area contributed by atoms with Crippen LogP contribution in [-0.4, -0.2) is 30.2 Å². The van der Waals surface area contributed by atoms with E-state index in [4.69, 9.17) is 20.9 Å². The molecular formula is C25H17ClFN3O5S. The summed E-state index contributed by atoms with van der Waals surface area (Å²) in [5, 5.41) is 4.37. The Morgan fingerprint density at radius 2 is 1.92 bits per heavy atom. The Balaban J connectivity index is 1.66. The number of nitrogens with zero attached hydrogens (tertiary/aromatic N) is 3. The van der Waals surface area contributed by atoms with Gasteiger partial charge in [0, 0.05) is 28.1 Å². The standard InChI is InChI=1S/C25H17ClFN3O5S/c1-34-24-13-28-21(16-8-17(26)11-18(27)9-16)12-23(24)30-22-4-3-20(10-15(22)2-5-25(30)31)36(32,33)14-19-6-7-35-29-19/h2-13H,14H2,1H3. The average Bonchev–Trinajstić information content (AvgIpc) is 3.35. The van der Waals surface area contributed by atoms with Gasteiger partial charge in [-0.2, -0.15) is 0 Å². The van der Waals surface area contributed by atoms with Crippen molar-refractivity contribution in [1.82, 2.24) is 14.7 Å². The molecule has 3 aromatic heterocycles. The number of benzene rings is 2. The fourth-order valence-electron chi connectivity index (χ4n) is 3.88. The Kier molecular flexibility index (Phi) is 6.07. The molecule has 0 amide bonds. The summed E-state index contributed by atoms with van der Waals surface area (Å²) in [5.74, 6) is -0.566. The molecule has 36 heavy (non-hydrogen) atoms. The van der Waals surface area contributed by atoms with Gasteiger partial charge in [-0.25, -0.2) is 12.8 Å². The second-order valence-corrected chi connectivity index (χ2v) is 10.3. The summed E-state index contributed by atoms with van der Waals surface area (Å²) in [6.07, 6.45) is 2.73. The summed E-state index contributed by atoms with van der Waals surface area (Å²) in [6.45, 7) is 0. The first-order valence-electron chi connectivity index (χ1n) is 10.5. The molecule has 11 heteroatoms. The first-order valence-corrected chi connectivity index (χ1v) is 12.6. The van der Waals surface area contributed by atoms with Crippen molar-refractivity contribution in [2.45, 2.75) is 10.6 Å². The van der Waals surface area contributed by atoms with Gasteiger partial charge in [0.25, 0.3) is 5.56 Å². The number of methoxy groups -OCH3 is 1. The van der Waals surface area contributed by atoms with Crippen molar-refractivity contribution in [3.05, 3.63) is 100 Å². The highest BCUT2D eigenvalue weighted by Gasteiger charge is 2.20. The van der Waals surface area contributed by atoms with E-state index in [1.165, 1.54) is 60.5 Å². The fourth-order valence-corrected chi connectivity index (χ4v) is 5.39. The lowest BCUT2D eigenvalue weighted by Crippen LogP contribution is -2.18. The van der Waals surface area contributed by atoms with Crippen LogP contribution in [0, 0.1) is 5.82 Å². The quantitative estimate of drug-likeness (QED) is 0.313. The number of fused-ring (bicyclic) bond motifs is 1. The molecule has 0 aliphatic carbocycles. The van der Waals surface area contributed by atoms with E-state index in [0.717, 1.165) is 0 Å². The van der Waals surface area contributed by atoms with Crippen LogP contribution < -0.4 is 10.3 Å². The van der Waals surface area contributed by atoms with E-state index in [1.807, 2.05) is 0 Å². The number of halogens is 2. The number of rotatable bonds is 6. The molecule has 0 aliphatic heterocycles. The van der Waals surface area contributed by atoms with E-state index >= 15 is 0 Å². The molecule has 182 valence electrons. The molecule has 0 fully saturated rings. The minimum Gasteiger partial charge on any atom is -0.493 e. The van der Waals surface area contributed by atoms with E-state index in [2.05, 4.69) is 10.1 Å². The summed E-state index contributed by atoms with van der Waals surface area (Å²) in [6, 6.07) is 14.4. The molecule has 0 saturated heterocycles. The van der Waals surface area contributed by atoms with Gasteiger partial charge >= 0.3 is 0 Å². The van der Waals surface area contributed by atoms with Gasteiger partial charge < -0.3 is 9.26 Å². The second kappa shape index (κ2) is 9.21. The van der Waals surface area contributed by atoms with Gasteiger partial charge in [0.15, 0.2) is 15.6 Å². The molecule has 0 unspecified atom stereocenters. The van der Waals surface area contributed by atoms with Crippen molar-refractivity contribution < 1.29 is 22.1 Å². The lowest BCUT2D eigenvalue weighted by Gasteiger charge is -2.15. The SMILES string of the molecule is COc1cnc(-c2cc(F)cc(Cl)c2)cc1-n1c(=O)ccc2cc(S(=O)(=O)Cc3ccon3)ccc21. The van der Waals surface area contributed by atoms with Crippen LogP contribution in [0.15, 0.2) is 87.3 Å². The third-order valence-electron chi connectivity index (χ3n) is 5.52. The van der Waals surface area contributed by atoms with Gasteiger partial charge in [0.05, 0.1) is 40.8 Å². The molecule has 8 nitrogen and oxygen atoms in total. The van der Waals surface area contributed by atoms with Crippen LogP contribution in [0.2, 0.25) is 5.02 Å². The lowest BCUT2D eigenvalue weighted by molar-refractivity contribution is 0.411. The van der Waals surface area contributed by atoms with Gasteiger partial charge in [-0.3, -0.25) is 14.3 Å². The van der Waals surface area contributed by atoms with E-state index in [1.54, 1.807) is 24.3 Å². The van der Waals surface area contributed by atoms with Crippen molar-refractivity contribution >= 4 is 32.3 Å². The number of hydrogen-bond donors (Lipinski definition) is 0. The highest BCUT2D eigenvalue weighted by atomic mass is 35.5. The zero-order valence-corrected chi connectivity index (χ0v) is 20.3. The molecule has 2 aromatic carbocycles. The molecule has 0 spiro atoms. The zero-order valence-electron chi connectivity index (χ0n) is 18.7. The largest absolute Gasteiger partial charge is 0.493 e. The summed E-state index contributed by atoms with van der Waals surface area (Å²) >= 11 is 6.01. The van der Waals surface area contributed by atoms with Crippen LogP contribution >= 0.6 is 11.6 Å². The van der Waals surface area contributed by atoms with E-state index in [-0.39, 0.29) is 26.9 Å². The smallest absolute Gasteiger partial charge is 0.255 e. The minimum atomic E-state index is -3.72. The summed E-state index contributed by atoms with van der Waals surface area (Å²) in [4.78, 5) is 17.4. The van der Waals surface area contributed by atoms with Gasteiger partial charge in [0.1, 0.15) is 17.8 Å². The monoisotopic (exact) mass is 525 g/mol. The maximum atomic E-state index is 14.0. The maximum Gasteiger partial charge on any atom is 0.255 e. The van der Waals surface area contributed by atoms with Crippen LogP contribution in [0.1, 0.15) is 5.69 Å². The van der Waals surface area contributed by atoms with Crippen LogP contribution in [0.3, 0.4) is 0 Å². The molecule has 0 atom stereocenters. The Labute approximate surface area is 209 Å². The second-order valence-electron chi connectivity index (χ2n) is 7.88. The van der Waals surface area contributed by atoms with Crippen molar-refractivity contribution in [2.75, 3.05) is 7.11 Å². The van der Waals surface area contributed by atoms with Gasteiger partial charge in [-0.15, -0.1) is 0 Å². The minimum absolute atomic E-state index is 0.0694. The first kappa shape index (κ1) is 23.7. The zero-order chi connectivity index (χ0) is 25.4. The lowest BCUT2D eigenvalue weighted by atomic mass is 10.1. The number of pyridine rings is 2. The maximum absolute atomic E-state index is 14.0. The molecule has 0 N–H and O–H groups in total. The van der Waals surface area contributed by atoms with E-state index in [0.29, 0.717) is 33.6 Å². The van der Waals surface area contributed by atoms with Crippen LogP contribution in [0.25, 0.3) is 27.8 Å². The Hall–Kier alpha value is -4.02. The molecule has 5 aromatic rings. The Bertz CT molecular complexity index is 1750. The topological polar surface area (TPSA) is 104 Å². The van der Waals surface area contributed by atoms with Crippen molar-refractivity contribution in [1.29, 1.82) is 0 Å². The molecule has 5 rings (SSSR count). The van der Waals surface area contributed by atoms with E-state index in [9.17, 15) is 17.6 Å². The Morgan fingerprint density at radius 3 is 2.64 bits per heavy atom. The predicted molar refractivity (Wildman–Crippen MR) is 132 cm³/mol. The fraction of sp³-hybridized carbons (Fsp3) is 0.0800. The molecule has 3 heterocycles. The average molecular weight is 526 g/mol. The van der Waals surface area contributed by atoms with Gasteiger partial charge in [0.2, 0.25) is 0 Å². The summed E-state index contributed by atoms with van der Waals surface area (Å²) in [7, 11) is -2.28. The number of ether oxygens (including phenoxy) is 1. The van der Waals surface area contributed by atoms with Gasteiger partial charge in [-0.05, 0) is 48.5 Å². The molecule has 0 aliphatic rings. The van der Waals surface area contributed by atoms with E-state index < -0.39 is 15.7 Å². The number of hydrogen-bond acceptors (Lipinski definition) is 7. The molecule has 0 radical (unpaired) electrons. The normalized spacial score (nSPS) is 11.6. The highest BCUT2D eigenvalue weighted by Crippen LogP contribution is 2.31. The Morgan fingerprint density at radius 1 is 1.08 bits per heavy atom. The third-order valence-corrected chi connectivity index (χ3v) is 7.39. The van der Waals surface area contributed by atoms with Crippen molar-refractivity contribution in [3.8, 4) is 22.7 Å². The van der Waals surface area contributed by atoms with Crippen LogP contribution in [0.4, 0.5) is 4.39 Å². The molecule has 0 bridgehead atoms. The molecule has 0 saturated carbocycles. The van der Waals surface area contributed by atoms with Crippen LogP contribution in [0.5, 0.6) is 5.75 Å². The van der Waals surface area contributed by atoms with Crippen molar-refractivity contribution in [3.63, 3.8) is 0 Å². The van der Waals surface area contributed by atoms with Crippen molar-refractivity contribution in [2.24, 2.45) is 0 Å². The van der Waals surface area contributed by atoms with Crippen LogP contribution in [-0.2, 0) is 15.6 Å². The summed E-state index contributed by atoms with van der Waals surface area (Å²) in [5.41, 5.74) is 1.47. The first-order chi connectivity index (χ1) is 17.2.